The molecular formula is C16H20N4O3. The lowest BCUT2D eigenvalue weighted by atomic mass is 10.1. The Labute approximate surface area is 134 Å². The lowest BCUT2D eigenvalue weighted by molar-refractivity contribution is -0.119. The van der Waals surface area contributed by atoms with Crippen LogP contribution in [0.4, 0.5) is 0 Å². The van der Waals surface area contributed by atoms with Crippen molar-refractivity contribution in [2.24, 2.45) is 0 Å². The molecule has 0 atom stereocenters. The SMILES string of the molecule is O=CN1CCN(C(=O)c2ccnc(C(=O)N3CCCC3)c2)CC1. The van der Waals surface area contributed by atoms with E-state index in [0.29, 0.717) is 37.4 Å². The number of hydrogen-bond donors (Lipinski definition) is 0. The molecule has 0 N–H and O–H groups in total. The van der Waals surface area contributed by atoms with Crippen molar-refractivity contribution in [1.82, 2.24) is 19.7 Å². The lowest BCUT2D eigenvalue weighted by Gasteiger charge is -2.32. The summed E-state index contributed by atoms with van der Waals surface area (Å²) >= 11 is 0. The van der Waals surface area contributed by atoms with Gasteiger partial charge in [-0.05, 0) is 25.0 Å². The normalized spacial score (nSPS) is 18.2. The van der Waals surface area contributed by atoms with Crippen molar-refractivity contribution in [3.63, 3.8) is 0 Å². The van der Waals surface area contributed by atoms with Crippen LogP contribution in [0.1, 0.15) is 33.7 Å². The minimum absolute atomic E-state index is 0.108. The fraction of sp³-hybridized carbons (Fsp3) is 0.500. The van der Waals surface area contributed by atoms with Crippen LogP contribution in [0.5, 0.6) is 0 Å². The minimum atomic E-state index is -0.117. The highest BCUT2D eigenvalue weighted by Crippen LogP contribution is 2.14. The molecule has 1 aromatic rings. The lowest BCUT2D eigenvalue weighted by Crippen LogP contribution is -2.48. The Hall–Kier alpha value is -2.44. The van der Waals surface area contributed by atoms with Crippen molar-refractivity contribution >= 4 is 18.2 Å². The first-order valence-electron chi connectivity index (χ1n) is 7.93. The predicted octanol–water partition coefficient (Wildman–Crippen LogP) is 0.232. The van der Waals surface area contributed by atoms with Crippen molar-refractivity contribution in [2.75, 3.05) is 39.3 Å². The predicted molar refractivity (Wildman–Crippen MR) is 82.9 cm³/mol. The van der Waals surface area contributed by atoms with E-state index in [2.05, 4.69) is 4.98 Å². The minimum Gasteiger partial charge on any atom is -0.342 e. The molecular weight excluding hydrogens is 296 g/mol. The fourth-order valence-electron chi connectivity index (χ4n) is 2.98. The van der Waals surface area contributed by atoms with Crippen molar-refractivity contribution in [1.29, 1.82) is 0 Å². The van der Waals surface area contributed by atoms with Gasteiger partial charge in [-0.2, -0.15) is 0 Å². The Bertz CT molecular complexity index is 605. The number of carbonyl (C=O) groups excluding carboxylic acids is 3. The number of aromatic nitrogens is 1. The second-order valence-electron chi connectivity index (χ2n) is 5.86. The number of carbonyl (C=O) groups is 3. The molecule has 2 saturated heterocycles. The van der Waals surface area contributed by atoms with Crippen molar-refractivity contribution in [2.45, 2.75) is 12.8 Å². The molecule has 7 heteroatoms. The van der Waals surface area contributed by atoms with Crippen LogP contribution in [-0.4, -0.2) is 77.2 Å². The average Bonchev–Trinajstić information content (AvgIpc) is 3.15. The number of amides is 3. The zero-order chi connectivity index (χ0) is 16.2. The van der Waals surface area contributed by atoms with E-state index in [1.54, 1.807) is 26.8 Å². The summed E-state index contributed by atoms with van der Waals surface area (Å²) < 4.78 is 0. The van der Waals surface area contributed by atoms with Gasteiger partial charge in [-0.15, -0.1) is 0 Å². The summed E-state index contributed by atoms with van der Waals surface area (Å²) in [7, 11) is 0. The highest BCUT2D eigenvalue weighted by molar-refractivity contribution is 5.98. The molecule has 1 aromatic heterocycles. The molecule has 3 amide bonds. The zero-order valence-corrected chi connectivity index (χ0v) is 13.0. The highest BCUT2D eigenvalue weighted by Gasteiger charge is 2.24. The van der Waals surface area contributed by atoms with Crippen LogP contribution >= 0.6 is 0 Å². The monoisotopic (exact) mass is 316 g/mol. The summed E-state index contributed by atoms with van der Waals surface area (Å²) in [5.74, 6) is -0.226. The van der Waals surface area contributed by atoms with Gasteiger partial charge in [-0.3, -0.25) is 19.4 Å². The Morgan fingerprint density at radius 1 is 0.957 bits per heavy atom. The summed E-state index contributed by atoms with van der Waals surface area (Å²) in [5, 5.41) is 0. The van der Waals surface area contributed by atoms with E-state index in [4.69, 9.17) is 0 Å². The van der Waals surface area contributed by atoms with Gasteiger partial charge in [0.05, 0.1) is 0 Å². The first kappa shape index (κ1) is 15.5. The maximum absolute atomic E-state index is 12.6. The molecule has 0 unspecified atom stereocenters. The van der Waals surface area contributed by atoms with E-state index in [0.717, 1.165) is 32.3 Å². The van der Waals surface area contributed by atoms with Crippen LogP contribution in [-0.2, 0) is 4.79 Å². The first-order valence-corrected chi connectivity index (χ1v) is 7.93. The molecule has 0 aliphatic carbocycles. The van der Waals surface area contributed by atoms with E-state index < -0.39 is 0 Å². The third-order valence-electron chi connectivity index (χ3n) is 4.37. The second-order valence-corrected chi connectivity index (χ2v) is 5.86. The number of rotatable bonds is 3. The van der Waals surface area contributed by atoms with Gasteiger partial charge in [0.1, 0.15) is 5.69 Å². The maximum atomic E-state index is 12.6. The van der Waals surface area contributed by atoms with Crippen molar-refractivity contribution < 1.29 is 14.4 Å². The Morgan fingerprint density at radius 3 is 2.26 bits per heavy atom. The summed E-state index contributed by atoms with van der Waals surface area (Å²) in [5.41, 5.74) is 0.798. The van der Waals surface area contributed by atoms with Gasteiger partial charge in [0.15, 0.2) is 0 Å². The smallest absolute Gasteiger partial charge is 0.272 e. The Kier molecular flexibility index (Phi) is 4.55. The molecule has 0 aromatic carbocycles. The van der Waals surface area contributed by atoms with Crippen LogP contribution in [0.25, 0.3) is 0 Å². The van der Waals surface area contributed by atoms with E-state index in [9.17, 15) is 14.4 Å². The molecule has 2 fully saturated rings. The van der Waals surface area contributed by atoms with Gasteiger partial charge in [0, 0.05) is 51.0 Å². The van der Waals surface area contributed by atoms with Crippen LogP contribution in [0, 0.1) is 0 Å². The van der Waals surface area contributed by atoms with Crippen LogP contribution in [0.2, 0.25) is 0 Å². The maximum Gasteiger partial charge on any atom is 0.272 e. The molecule has 7 nitrogen and oxygen atoms in total. The largest absolute Gasteiger partial charge is 0.342 e. The fourth-order valence-corrected chi connectivity index (χ4v) is 2.98. The van der Waals surface area contributed by atoms with Gasteiger partial charge in [-0.25, -0.2) is 0 Å². The van der Waals surface area contributed by atoms with E-state index in [-0.39, 0.29) is 11.8 Å². The number of hydrogen-bond acceptors (Lipinski definition) is 4. The quantitative estimate of drug-likeness (QED) is 0.748. The van der Waals surface area contributed by atoms with Crippen LogP contribution < -0.4 is 0 Å². The average molecular weight is 316 g/mol. The first-order chi connectivity index (χ1) is 11.2. The Balaban J connectivity index is 1.70. The number of pyridine rings is 1. The van der Waals surface area contributed by atoms with Gasteiger partial charge in [0.2, 0.25) is 6.41 Å². The van der Waals surface area contributed by atoms with Crippen LogP contribution in [0.15, 0.2) is 18.3 Å². The summed E-state index contributed by atoms with van der Waals surface area (Å²) in [6, 6.07) is 3.21. The molecule has 0 bridgehead atoms. The molecule has 3 heterocycles. The van der Waals surface area contributed by atoms with Gasteiger partial charge in [-0.1, -0.05) is 0 Å². The molecule has 3 rings (SSSR count). The summed E-state index contributed by atoms with van der Waals surface area (Å²) in [6.45, 7) is 3.61. The molecule has 0 radical (unpaired) electrons. The molecule has 122 valence electrons. The topological polar surface area (TPSA) is 73.8 Å². The van der Waals surface area contributed by atoms with Gasteiger partial charge < -0.3 is 14.7 Å². The third kappa shape index (κ3) is 3.33. The molecule has 0 saturated carbocycles. The van der Waals surface area contributed by atoms with Gasteiger partial charge in [0.25, 0.3) is 11.8 Å². The summed E-state index contributed by atoms with van der Waals surface area (Å²) in [6.07, 6.45) is 4.36. The number of nitrogens with zero attached hydrogens (tertiary/aromatic N) is 4. The van der Waals surface area contributed by atoms with E-state index >= 15 is 0 Å². The molecule has 23 heavy (non-hydrogen) atoms. The van der Waals surface area contributed by atoms with Gasteiger partial charge >= 0.3 is 0 Å². The number of likely N-dealkylation sites (tertiary alicyclic amines) is 1. The molecule has 0 spiro atoms. The summed E-state index contributed by atoms with van der Waals surface area (Å²) in [4.78, 5) is 44.9. The standard InChI is InChI=1S/C16H20N4O3/c21-12-18-7-9-20(10-8-18)15(22)13-3-4-17-14(11-13)16(23)19-5-1-2-6-19/h3-4,11-12H,1-2,5-10H2. The third-order valence-corrected chi connectivity index (χ3v) is 4.37. The van der Waals surface area contributed by atoms with Crippen LogP contribution in [0.3, 0.4) is 0 Å². The molecule has 2 aliphatic heterocycles. The molecule has 2 aliphatic rings. The second kappa shape index (κ2) is 6.76. The van der Waals surface area contributed by atoms with E-state index in [1.165, 1.54) is 6.20 Å². The van der Waals surface area contributed by atoms with Crippen molar-refractivity contribution in [3.8, 4) is 0 Å². The van der Waals surface area contributed by atoms with E-state index in [1.807, 2.05) is 0 Å². The highest BCUT2D eigenvalue weighted by atomic mass is 16.2. The van der Waals surface area contributed by atoms with Crippen molar-refractivity contribution in [3.05, 3.63) is 29.6 Å². The number of piperazine rings is 1. The Morgan fingerprint density at radius 2 is 1.61 bits per heavy atom. The zero-order valence-electron chi connectivity index (χ0n) is 13.0.